The molecule has 0 bridgehead atoms. The van der Waals surface area contributed by atoms with Gasteiger partial charge in [-0.2, -0.15) is 0 Å². The molecule has 0 amide bonds. The van der Waals surface area contributed by atoms with Crippen LogP contribution in [0.4, 0.5) is 0 Å². The Labute approximate surface area is 129 Å². The maximum atomic E-state index is 11.2. The van der Waals surface area contributed by atoms with Crippen LogP contribution in [-0.2, 0) is 9.53 Å². The first-order valence-corrected chi connectivity index (χ1v) is 7.76. The Balaban J connectivity index is 2.60. The van der Waals surface area contributed by atoms with Crippen molar-refractivity contribution < 1.29 is 9.53 Å². The summed E-state index contributed by atoms with van der Waals surface area (Å²) >= 11 is 0. The van der Waals surface area contributed by atoms with Crippen molar-refractivity contribution in [2.45, 2.75) is 53.4 Å². The number of ether oxygens (including phenoxy) is 1. The molecule has 0 aromatic rings. The van der Waals surface area contributed by atoms with Crippen LogP contribution in [0.15, 0.2) is 47.6 Å². The molecule has 0 aromatic carbocycles. The maximum Gasteiger partial charge on any atom is 0.330 e. The summed E-state index contributed by atoms with van der Waals surface area (Å²) in [6.45, 7) is 13.1. The lowest BCUT2D eigenvalue weighted by molar-refractivity contribution is -0.137. The molecule has 0 N–H and O–H groups in total. The van der Waals surface area contributed by atoms with Gasteiger partial charge in [0.2, 0.25) is 0 Å². The van der Waals surface area contributed by atoms with Crippen molar-refractivity contribution in [1.29, 1.82) is 0 Å². The fourth-order valence-corrected chi connectivity index (χ4v) is 2.78. The summed E-state index contributed by atoms with van der Waals surface area (Å²) < 4.78 is 4.84. The maximum absolute atomic E-state index is 11.2. The van der Waals surface area contributed by atoms with E-state index in [0.29, 0.717) is 13.0 Å². The predicted molar refractivity (Wildman–Crippen MR) is 89.0 cm³/mol. The van der Waals surface area contributed by atoms with E-state index in [1.54, 1.807) is 13.0 Å². The lowest BCUT2D eigenvalue weighted by Gasteiger charge is -2.33. The molecule has 0 saturated carbocycles. The van der Waals surface area contributed by atoms with E-state index in [0.717, 1.165) is 5.57 Å². The first kappa shape index (κ1) is 17.5. The van der Waals surface area contributed by atoms with Gasteiger partial charge < -0.3 is 4.74 Å². The van der Waals surface area contributed by atoms with Crippen LogP contribution in [0.2, 0.25) is 0 Å². The molecule has 0 aromatic heterocycles. The van der Waals surface area contributed by atoms with Crippen molar-refractivity contribution >= 4 is 5.97 Å². The Morgan fingerprint density at radius 3 is 2.71 bits per heavy atom. The molecule has 2 heteroatoms. The first-order chi connectivity index (χ1) is 9.86. The van der Waals surface area contributed by atoms with Gasteiger partial charge in [0.1, 0.15) is 0 Å². The zero-order chi connectivity index (χ0) is 15.9. The van der Waals surface area contributed by atoms with E-state index in [2.05, 4.69) is 39.5 Å². The van der Waals surface area contributed by atoms with Gasteiger partial charge in [-0.15, -0.1) is 0 Å². The number of rotatable bonds is 6. The molecular formula is C19H28O2. The number of hydrogen-bond acceptors (Lipinski definition) is 2. The second-order valence-electron chi connectivity index (χ2n) is 6.28. The minimum Gasteiger partial charge on any atom is -0.463 e. The molecule has 116 valence electrons. The van der Waals surface area contributed by atoms with Crippen LogP contribution >= 0.6 is 0 Å². The van der Waals surface area contributed by atoms with Gasteiger partial charge in [-0.1, -0.05) is 49.8 Å². The van der Waals surface area contributed by atoms with Crippen LogP contribution in [-0.4, -0.2) is 12.6 Å². The van der Waals surface area contributed by atoms with E-state index < -0.39 is 0 Å². The summed E-state index contributed by atoms with van der Waals surface area (Å²) in [7, 11) is 0. The molecule has 21 heavy (non-hydrogen) atoms. The molecule has 0 heterocycles. The molecule has 2 nitrogen and oxygen atoms in total. The van der Waals surface area contributed by atoms with Gasteiger partial charge in [-0.3, -0.25) is 0 Å². The summed E-state index contributed by atoms with van der Waals surface area (Å²) in [5.74, 6) is -0.291. The van der Waals surface area contributed by atoms with Crippen LogP contribution in [0.3, 0.4) is 0 Å². The Bertz CT molecular complexity index is 476. The van der Waals surface area contributed by atoms with Crippen molar-refractivity contribution in [2.75, 3.05) is 6.61 Å². The van der Waals surface area contributed by atoms with Gasteiger partial charge in [0.25, 0.3) is 0 Å². The van der Waals surface area contributed by atoms with Gasteiger partial charge in [0.05, 0.1) is 6.61 Å². The van der Waals surface area contributed by atoms with Crippen molar-refractivity contribution in [2.24, 2.45) is 5.41 Å². The third kappa shape index (κ3) is 5.74. The van der Waals surface area contributed by atoms with E-state index in [4.69, 9.17) is 4.74 Å². The number of allylic oxidation sites excluding steroid dienone is 6. The molecule has 0 radical (unpaired) electrons. The van der Waals surface area contributed by atoms with Gasteiger partial charge in [0.15, 0.2) is 0 Å². The molecule has 1 aliphatic rings. The second-order valence-corrected chi connectivity index (χ2v) is 6.28. The van der Waals surface area contributed by atoms with Crippen LogP contribution in [0, 0.1) is 5.41 Å². The van der Waals surface area contributed by atoms with E-state index >= 15 is 0 Å². The molecule has 0 spiro atoms. The third-order valence-electron chi connectivity index (χ3n) is 3.95. The largest absolute Gasteiger partial charge is 0.463 e. The highest BCUT2D eigenvalue weighted by atomic mass is 16.5. The van der Waals surface area contributed by atoms with E-state index in [9.17, 15) is 4.79 Å². The van der Waals surface area contributed by atoms with Crippen LogP contribution in [0.5, 0.6) is 0 Å². The summed E-state index contributed by atoms with van der Waals surface area (Å²) in [6.07, 6.45) is 11.9. The lowest BCUT2D eigenvalue weighted by atomic mass is 9.72. The fraction of sp³-hybridized carbons (Fsp3) is 0.526. The highest BCUT2D eigenvalue weighted by Gasteiger charge is 2.26. The van der Waals surface area contributed by atoms with Crippen LogP contribution in [0.1, 0.15) is 53.4 Å². The second kappa shape index (κ2) is 8.02. The average Bonchev–Trinajstić information content (AvgIpc) is 2.37. The summed E-state index contributed by atoms with van der Waals surface area (Å²) in [4.78, 5) is 11.2. The Morgan fingerprint density at radius 2 is 2.10 bits per heavy atom. The fourth-order valence-electron chi connectivity index (χ4n) is 2.78. The zero-order valence-corrected chi connectivity index (χ0v) is 13.9. The standard InChI is InChI=1S/C19H28O2/c1-6-21-18(20)11-7-9-15(2)12-13-17-16(3)10-8-14-19(17,4)5/h7,11-13H,2,6,8-10,14H2,1,3-5H3/b11-7+,13-12+. The van der Waals surface area contributed by atoms with Crippen LogP contribution in [0.25, 0.3) is 0 Å². The van der Waals surface area contributed by atoms with Crippen molar-refractivity contribution in [3.8, 4) is 0 Å². The smallest absolute Gasteiger partial charge is 0.330 e. The minimum absolute atomic E-state index is 0.250. The molecule has 0 saturated heterocycles. The highest BCUT2D eigenvalue weighted by Crippen LogP contribution is 2.40. The Kier molecular flexibility index (Phi) is 6.67. The number of esters is 1. The monoisotopic (exact) mass is 288 g/mol. The molecule has 0 aliphatic heterocycles. The Morgan fingerprint density at radius 1 is 1.38 bits per heavy atom. The van der Waals surface area contributed by atoms with Crippen molar-refractivity contribution in [3.05, 3.63) is 47.6 Å². The SMILES string of the molecule is C=C(/C=C/C1=C(C)CCCC1(C)C)C/C=C/C(=O)OCC. The summed E-state index contributed by atoms with van der Waals surface area (Å²) in [5.41, 5.74) is 4.17. The van der Waals surface area contributed by atoms with Gasteiger partial charge in [0, 0.05) is 6.08 Å². The highest BCUT2D eigenvalue weighted by molar-refractivity contribution is 5.81. The molecule has 1 rings (SSSR count). The Hall–Kier alpha value is -1.57. The van der Waals surface area contributed by atoms with E-state index in [1.165, 1.54) is 36.5 Å². The quantitative estimate of drug-likeness (QED) is 0.384. The predicted octanol–water partition coefficient (Wildman–Crippen LogP) is 5.13. The summed E-state index contributed by atoms with van der Waals surface area (Å²) in [5, 5.41) is 0. The number of hydrogen-bond donors (Lipinski definition) is 0. The summed E-state index contributed by atoms with van der Waals surface area (Å²) in [6, 6.07) is 0. The third-order valence-corrected chi connectivity index (χ3v) is 3.95. The normalized spacial score (nSPS) is 18.5. The first-order valence-electron chi connectivity index (χ1n) is 7.76. The average molecular weight is 288 g/mol. The minimum atomic E-state index is -0.291. The van der Waals surface area contributed by atoms with Crippen molar-refractivity contribution in [3.63, 3.8) is 0 Å². The van der Waals surface area contributed by atoms with E-state index in [1.807, 2.05) is 0 Å². The molecular weight excluding hydrogens is 260 g/mol. The van der Waals surface area contributed by atoms with Gasteiger partial charge in [-0.25, -0.2) is 4.79 Å². The molecule has 1 aliphatic carbocycles. The van der Waals surface area contributed by atoms with Crippen molar-refractivity contribution in [1.82, 2.24) is 0 Å². The zero-order valence-electron chi connectivity index (χ0n) is 13.9. The lowest BCUT2D eigenvalue weighted by Crippen LogP contribution is -2.19. The van der Waals surface area contributed by atoms with E-state index in [-0.39, 0.29) is 11.4 Å². The number of carbonyl (C=O) groups is 1. The topological polar surface area (TPSA) is 26.3 Å². The molecule has 0 fully saturated rings. The molecule has 0 unspecified atom stereocenters. The molecule has 0 atom stereocenters. The van der Waals surface area contributed by atoms with Crippen LogP contribution < -0.4 is 0 Å². The van der Waals surface area contributed by atoms with Gasteiger partial charge >= 0.3 is 5.97 Å². The van der Waals surface area contributed by atoms with Gasteiger partial charge in [-0.05, 0) is 50.5 Å². The number of carbonyl (C=O) groups excluding carboxylic acids is 1.